The SMILES string of the molecule is C=CCN1CCC2(CC1)CN(S(=O)(=O)c1ccc(Cl)s1)c1ccc(F)cc12. The summed E-state index contributed by atoms with van der Waals surface area (Å²) >= 11 is 7.00. The highest BCUT2D eigenvalue weighted by molar-refractivity contribution is 7.94. The Kier molecular flexibility index (Phi) is 4.83. The topological polar surface area (TPSA) is 40.6 Å². The number of hydrogen-bond acceptors (Lipinski definition) is 4. The normalized spacial score (nSPS) is 19.4. The lowest BCUT2D eigenvalue weighted by Crippen LogP contribution is -2.46. The molecule has 4 nitrogen and oxygen atoms in total. The first-order valence-corrected chi connectivity index (χ1v) is 11.4. The molecular weight excluding hydrogens is 407 g/mol. The molecule has 2 aliphatic heterocycles. The molecule has 27 heavy (non-hydrogen) atoms. The molecule has 0 atom stereocenters. The minimum Gasteiger partial charge on any atom is -0.300 e. The van der Waals surface area contributed by atoms with Gasteiger partial charge in [0.25, 0.3) is 10.0 Å². The number of thiophene rings is 1. The van der Waals surface area contributed by atoms with E-state index in [0.717, 1.165) is 49.4 Å². The lowest BCUT2D eigenvalue weighted by Gasteiger charge is -2.39. The van der Waals surface area contributed by atoms with E-state index in [2.05, 4.69) is 11.5 Å². The van der Waals surface area contributed by atoms with Gasteiger partial charge in [0.2, 0.25) is 0 Å². The molecule has 0 bridgehead atoms. The number of anilines is 1. The summed E-state index contributed by atoms with van der Waals surface area (Å²) in [5.74, 6) is -0.333. The number of sulfonamides is 1. The molecule has 144 valence electrons. The Morgan fingerprint density at radius 3 is 2.63 bits per heavy atom. The van der Waals surface area contributed by atoms with Gasteiger partial charge < -0.3 is 0 Å². The first kappa shape index (κ1) is 18.9. The fourth-order valence-corrected chi connectivity index (χ4v) is 7.30. The van der Waals surface area contributed by atoms with Gasteiger partial charge in [-0.3, -0.25) is 9.21 Å². The zero-order valence-corrected chi connectivity index (χ0v) is 17.1. The van der Waals surface area contributed by atoms with Gasteiger partial charge in [0.05, 0.1) is 10.0 Å². The van der Waals surface area contributed by atoms with Gasteiger partial charge in [-0.15, -0.1) is 17.9 Å². The van der Waals surface area contributed by atoms with E-state index in [-0.39, 0.29) is 15.4 Å². The molecule has 0 saturated carbocycles. The van der Waals surface area contributed by atoms with Crippen molar-refractivity contribution in [2.24, 2.45) is 0 Å². The molecule has 0 unspecified atom stereocenters. The molecule has 0 radical (unpaired) electrons. The van der Waals surface area contributed by atoms with Crippen LogP contribution in [0.2, 0.25) is 4.34 Å². The molecule has 0 aliphatic carbocycles. The van der Waals surface area contributed by atoms with Crippen LogP contribution in [0.3, 0.4) is 0 Å². The fraction of sp³-hybridized carbons (Fsp3) is 0.368. The van der Waals surface area contributed by atoms with Crippen LogP contribution >= 0.6 is 22.9 Å². The van der Waals surface area contributed by atoms with Gasteiger partial charge in [-0.05, 0) is 61.8 Å². The number of fused-ring (bicyclic) bond motifs is 2. The van der Waals surface area contributed by atoms with Crippen molar-refractivity contribution in [2.75, 3.05) is 30.5 Å². The van der Waals surface area contributed by atoms with Crippen molar-refractivity contribution in [3.05, 3.63) is 58.7 Å². The van der Waals surface area contributed by atoms with Crippen molar-refractivity contribution in [1.29, 1.82) is 0 Å². The molecule has 1 saturated heterocycles. The zero-order chi connectivity index (χ0) is 19.2. The summed E-state index contributed by atoms with van der Waals surface area (Å²) in [6.07, 6.45) is 3.45. The Hall–Kier alpha value is -1.41. The van der Waals surface area contributed by atoms with Gasteiger partial charge in [0.15, 0.2) is 0 Å². The van der Waals surface area contributed by atoms with Crippen molar-refractivity contribution in [2.45, 2.75) is 22.5 Å². The highest BCUT2D eigenvalue weighted by Gasteiger charge is 2.48. The highest BCUT2D eigenvalue weighted by atomic mass is 35.5. The molecule has 2 aliphatic rings. The monoisotopic (exact) mass is 426 g/mol. The van der Waals surface area contributed by atoms with Crippen LogP contribution in [0.4, 0.5) is 10.1 Å². The van der Waals surface area contributed by atoms with Gasteiger partial charge in [-0.1, -0.05) is 17.7 Å². The summed E-state index contributed by atoms with van der Waals surface area (Å²) in [7, 11) is -3.73. The molecule has 1 fully saturated rings. The predicted octanol–water partition coefficient (Wildman–Crippen LogP) is 4.27. The van der Waals surface area contributed by atoms with E-state index in [1.165, 1.54) is 22.5 Å². The minimum atomic E-state index is -3.73. The van der Waals surface area contributed by atoms with Crippen molar-refractivity contribution < 1.29 is 12.8 Å². The second kappa shape index (κ2) is 6.88. The average molecular weight is 427 g/mol. The summed E-state index contributed by atoms with van der Waals surface area (Å²) in [4.78, 5) is 2.29. The maximum atomic E-state index is 14.0. The Balaban J connectivity index is 1.74. The van der Waals surface area contributed by atoms with Crippen LogP contribution in [0.25, 0.3) is 0 Å². The van der Waals surface area contributed by atoms with E-state index in [4.69, 9.17) is 11.6 Å². The molecule has 1 aromatic heterocycles. The van der Waals surface area contributed by atoms with Crippen LogP contribution in [0, 0.1) is 5.82 Å². The second-order valence-corrected chi connectivity index (χ2v) is 10.9. The van der Waals surface area contributed by atoms with Crippen molar-refractivity contribution in [1.82, 2.24) is 4.90 Å². The molecule has 3 heterocycles. The van der Waals surface area contributed by atoms with E-state index in [1.54, 1.807) is 12.1 Å². The summed E-state index contributed by atoms with van der Waals surface area (Å²) in [6, 6.07) is 7.54. The van der Waals surface area contributed by atoms with Crippen LogP contribution in [0.1, 0.15) is 18.4 Å². The summed E-state index contributed by atoms with van der Waals surface area (Å²) in [5.41, 5.74) is 1.02. The van der Waals surface area contributed by atoms with E-state index in [9.17, 15) is 12.8 Å². The molecule has 1 spiro atoms. The molecule has 0 N–H and O–H groups in total. The van der Waals surface area contributed by atoms with Crippen LogP contribution in [-0.2, 0) is 15.4 Å². The minimum absolute atomic E-state index is 0.212. The van der Waals surface area contributed by atoms with E-state index >= 15 is 0 Å². The largest absolute Gasteiger partial charge is 0.300 e. The summed E-state index contributed by atoms with van der Waals surface area (Å²) in [5, 5.41) is 0. The van der Waals surface area contributed by atoms with Crippen molar-refractivity contribution in [3.8, 4) is 0 Å². The number of hydrogen-bond donors (Lipinski definition) is 0. The van der Waals surface area contributed by atoms with Gasteiger partial charge in [-0.2, -0.15) is 0 Å². The molecule has 1 aromatic carbocycles. The smallest absolute Gasteiger partial charge is 0.273 e. The molecular formula is C19H20ClFN2O2S2. The molecule has 4 rings (SSSR count). The summed E-state index contributed by atoms with van der Waals surface area (Å²) in [6.45, 7) is 6.60. The Bertz CT molecular complexity index is 981. The van der Waals surface area contributed by atoms with Crippen LogP contribution in [0.5, 0.6) is 0 Å². The van der Waals surface area contributed by atoms with E-state index in [0.29, 0.717) is 16.6 Å². The first-order chi connectivity index (χ1) is 12.9. The van der Waals surface area contributed by atoms with Gasteiger partial charge >= 0.3 is 0 Å². The fourth-order valence-electron chi connectivity index (χ4n) is 4.13. The number of benzene rings is 1. The Morgan fingerprint density at radius 2 is 2.00 bits per heavy atom. The first-order valence-electron chi connectivity index (χ1n) is 8.77. The molecule has 0 amide bonds. The third-order valence-electron chi connectivity index (χ3n) is 5.54. The number of rotatable bonds is 4. The number of nitrogens with zero attached hydrogens (tertiary/aromatic N) is 2. The third kappa shape index (κ3) is 3.20. The maximum absolute atomic E-state index is 14.0. The van der Waals surface area contributed by atoms with Gasteiger partial charge in [0, 0.05) is 18.5 Å². The second-order valence-electron chi connectivity index (χ2n) is 7.10. The Labute approximate surface area is 167 Å². The number of piperidine rings is 1. The van der Waals surface area contributed by atoms with Crippen molar-refractivity contribution in [3.63, 3.8) is 0 Å². The van der Waals surface area contributed by atoms with Crippen LogP contribution in [-0.4, -0.2) is 39.5 Å². The summed E-state index contributed by atoms with van der Waals surface area (Å²) < 4.78 is 42.6. The number of halogens is 2. The Morgan fingerprint density at radius 1 is 1.26 bits per heavy atom. The van der Waals surface area contributed by atoms with Gasteiger partial charge in [-0.25, -0.2) is 12.8 Å². The van der Waals surface area contributed by atoms with Crippen molar-refractivity contribution >= 4 is 38.6 Å². The lowest BCUT2D eigenvalue weighted by atomic mass is 9.74. The lowest BCUT2D eigenvalue weighted by molar-refractivity contribution is 0.182. The predicted molar refractivity (Wildman–Crippen MR) is 108 cm³/mol. The molecule has 8 heteroatoms. The quantitative estimate of drug-likeness (QED) is 0.685. The standard InChI is InChI=1S/C19H20ClFN2O2S2/c1-2-9-22-10-7-19(8-11-22)13-23(16-4-3-14(21)12-15(16)19)27(24,25)18-6-5-17(20)26-18/h2-6,12H,1,7-11,13H2. The zero-order valence-electron chi connectivity index (χ0n) is 14.7. The number of likely N-dealkylation sites (tertiary alicyclic amines) is 1. The van der Waals surface area contributed by atoms with Gasteiger partial charge in [0.1, 0.15) is 10.0 Å². The highest BCUT2D eigenvalue weighted by Crippen LogP contribution is 2.49. The van der Waals surface area contributed by atoms with E-state index in [1.807, 2.05) is 6.08 Å². The molecule has 2 aromatic rings. The van der Waals surface area contributed by atoms with Crippen LogP contribution in [0.15, 0.2) is 47.2 Å². The average Bonchev–Trinajstić information content (AvgIpc) is 3.21. The van der Waals surface area contributed by atoms with E-state index < -0.39 is 10.0 Å². The van der Waals surface area contributed by atoms with Crippen LogP contribution < -0.4 is 4.31 Å². The maximum Gasteiger partial charge on any atom is 0.273 e. The third-order valence-corrected chi connectivity index (χ3v) is 9.00.